The largest absolute Gasteiger partial charge is 0.298 e. The predicted molar refractivity (Wildman–Crippen MR) is 110 cm³/mol. The summed E-state index contributed by atoms with van der Waals surface area (Å²) < 4.78 is 0. The summed E-state index contributed by atoms with van der Waals surface area (Å²) in [6.07, 6.45) is 3.11. The monoisotopic (exact) mass is 412 g/mol. The molecular weight excluding hydrogens is 395 g/mol. The standard InChI is InChI=1S/C21H18Cl2N4O/c22-14-3-1-13(2-4-14)21-10-9-12(11-21)18-17(21)19(26-25-18)20(28)27-24-16-7-5-15(23)6-8-16/h1-8,12,24H,9-11H2,(H,25,26)(H,27,28). The van der Waals surface area contributed by atoms with E-state index in [2.05, 4.69) is 33.2 Å². The maximum absolute atomic E-state index is 12.9. The van der Waals surface area contributed by atoms with Crippen LogP contribution in [0.2, 0.25) is 10.0 Å². The van der Waals surface area contributed by atoms with Gasteiger partial charge in [-0.05, 0) is 61.2 Å². The number of benzene rings is 2. The second-order valence-corrected chi connectivity index (χ2v) is 8.35. The molecule has 2 bridgehead atoms. The molecule has 3 aromatic rings. The average Bonchev–Trinajstić information content (AvgIpc) is 3.40. The number of carbonyl (C=O) groups is 1. The second-order valence-electron chi connectivity index (χ2n) is 7.48. The minimum absolute atomic E-state index is 0.176. The number of anilines is 1. The molecule has 28 heavy (non-hydrogen) atoms. The first-order valence-corrected chi connectivity index (χ1v) is 9.99. The summed E-state index contributed by atoms with van der Waals surface area (Å²) >= 11 is 12.0. The summed E-state index contributed by atoms with van der Waals surface area (Å²) in [6.45, 7) is 0. The molecule has 5 nitrogen and oxygen atoms in total. The number of halogens is 2. The Morgan fingerprint density at radius 1 is 1.07 bits per heavy atom. The van der Waals surface area contributed by atoms with Crippen molar-refractivity contribution in [3.8, 4) is 0 Å². The van der Waals surface area contributed by atoms with Gasteiger partial charge in [-0.15, -0.1) is 0 Å². The van der Waals surface area contributed by atoms with E-state index in [0.717, 1.165) is 36.2 Å². The van der Waals surface area contributed by atoms with Crippen LogP contribution in [0, 0.1) is 0 Å². The molecule has 2 aromatic carbocycles. The Labute approximate surface area is 172 Å². The smallest absolute Gasteiger partial charge is 0.290 e. The van der Waals surface area contributed by atoms with Crippen LogP contribution in [-0.2, 0) is 5.41 Å². The lowest BCUT2D eigenvalue weighted by Crippen LogP contribution is -2.33. The van der Waals surface area contributed by atoms with Crippen LogP contribution < -0.4 is 10.9 Å². The quantitative estimate of drug-likeness (QED) is 0.525. The topological polar surface area (TPSA) is 69.8 Å². The molecule has 0 radical (unpaired) electrons. The molecule has 0 aliphatic heterocycles. The fourth-order valence-corrected chi connectivity index (χ4v) is 4.97. The lowest BCUT2D eigenvalue weighted by Gasteiger charge is -2.28. The maximum atomic E-state index is 12.9. The van der Waals surface area contributed by atoms with Crippen molar-refractivity contribution in [2.24, 2.45) is 0 Å². The van der Waals surface area contributed by atoms with Crippen molar-refractivity contribution in [1.29, 1.82) is 0 Å². The Balaban J connectivity index is 1.45. The molecule has 2 aliphatic rings. The first-order valence-electron chi connectivity index (χ1n) is 9.23. The van der Waals surface area contributed by atoms with E-state index in [4.69, 9.17) is 23.2 Å². The number of aromatic amines is 1. The van der Waals surface area contributed by atoms with Crippen LogP contribution in [0.1, 0.15) is 52.5 Å². The summed E-state index contributed by atoms with van der Waals surface area (Å²) in [5.74, 6) is 0.164. The van der Waals surface area contributed by atoms with Crippen LogP contribution in [0.4, 0.5) is 5.69 Å². The molecule has 7 heteroatoms. The molecule has 2 atom stereocenters. The number of carbonyl (C=O) groups excluding carboxylic acids is 1. The predicted octanol–water partition coefficient (Wildman–Crippen LogP) is 5.04. The van der Waals surface area contributed by atoms with E-state index in [1.807, 2.05) is 12.1 Å². The number of rotatable bonds is 4. The van der Waals surface area contributed by atoms with E-state index in [9.17, 15) is 4.79 Å². The van der Waals surface area contributed by atoms with Gasteiger partial charge >= 0.3 is 0 Å². The van der Waals surface area contributed by atoms with Crippen LogP contribution in [0.5, 0.6) is 0 Å². The van der Waals surface area contributed by atoms with E-state index in [0.29, 0.717) is 21.7 Å². The highest BCUT2D eigenvalue weighted by atomic mass is 35.5. The Kier molecular flexibility index (Phi) is 4.11. The van der Waals surface area contributed by atoms with E-state index >= 15 is 0 Å². The Morgan fingerprint density at radius 3 is 2.46 bits per heavy atom. The Morgan fingerprint density at radius 2 is 1.75 bits per heavy atom. The van der Waals surface area contributed by atoms with Gasteiger partial charge in [0, 0.05) is 32.6 Å². The number of H-pyrrole nitrogens is 1. The van der Waals surface area contributed by atoms with Crippen LogP contribution in [0.25, 0.3) is 0 Å². The van der Waals surface area contributed by atoms with Crippen LogP contribution >= 0.6 is 23.2 Å². The van der Waals surface area contributed by atoms with Gasteiger partial charge in [-0.2, -0.15) is 5.10 Å². The number of nitrogens with one attached hydrogen (secondary N) is 3. The molecule has 142 valence electrons. The number of fused-ring (bicyclic) bond motifs is 5. The molecule has 2 unspecified atom stereocenters. The van der Waals surface area contributed by atoms with Crippen molar-refractivity contribution < 1.29 is 4.79 Å². The number of hydrogen-bond acceptors (Lipinski definition) is 3. The first kappa shape index (κ1) is 17.6. The molecule has 1 amide bonds. The number of hydrogen-bond donors (Lipinski definition) is 3. The van der Waals surface area contributed by atoms with Gasteiger partial charge in [0.05, 0.1) is 5.69 Å². The summed E-state index contributed by atoms with van der Waals surface area (Å²) in [6, 6.07) is 15.1. The van der Waals surface area contributed by atoms with Gasteiger partial charge in [-0.25, -0.2) is 0 Å². The molecule has 3 N–H and O–H groups in total. The minimum atomic E-state index is -0.256. The van der Waals surface area contributed by atoms with Crippen LogP contribution in [-0.4, -0.2) is 16.1 Å². The normalized spacial score (nSPS) is 22.1. The molecule has 1 saturated carbocycles. The van der Waals surface area contributed by atoms with E-state index in [-0.39, 0.29) is 11.3 Å². The first-order chi connectivity index (χ1) is 13.6. The van der Waals surface area contributed by atoms with E-state index in [1.54, 1.807) is 24.3 Å². The van der Waals surface area contributed by atoms with Gasteiger partial charge in [-0.3, -0.25) is 20.7 Å². The van der Waals surface area contributed by atoms with Crippen molar-refractivity contribution in [1.82, 2.24) is 15.6 Å². The molecule has 1 fully saturated rings. The number of nitrogens with zero attached hydrogens (tertiary/aromatic N) is 1. The third-order valence-electron chi connectivity index (χ3n) is 5.97. The molecule has 2 aliphatic carbocycles. The van der Waals surface area contributed by atoms with Gasteiger partial charge < -0.3 is 0 Å². The van der Waals surface area contributed by atoms with Crippen molar-refractivity contribution in [2.75, 3.05) is 5.43 Å². The summed E-state index contributed by atoms with van der Waals surface area (Å²) in [7, 11) is 0. The maximum Gasteiger partial charge on any atom is 0.290 e. The third-order valence-corrected chi connectivity index (χ3v) is 6.48. The van der Waals surface area contributed by atoms with Crippen molar-refractivity contribution in [2.45, 2.75) is 30.6 Å². The third kappa shape index (κ3) is 2.69. The molecule has 1 heterocycles. The van der Waals surface area contributed by atoms with E-state index < -0.39 is 0 Å². The highest BCUT2D eigenvalue weighted by Crippen LogP contribution is 2.60. The lowest BCUT2D eigenvalue weighted by atomic mass is 9.74. The summed E-state index contributed by atoms with van der Waals surface area (Å²) in [4.78, 5) is 12.9. The molecular formula is C21H18Cl2N4O. The zero-order chi connectivity index (χ0) is 19.3. The Bertz CT molecular complexity index is 1050. The van der Waals surface area contributed by atoms with Crippen molar-refractivity contribution >= 4 is 34.8 Å². The second kappa shape index (κ2) is 6.54. The van der Waals surface area contributed by atoms with Gasteiger partial charge in [0.2, 0.25) is 0 Å². The number of aromatic nitrogens is 2. The van der Waals surface area contributed by atoms with Gasteiger partial charge in [0.1, 0.15) is 0 Å². The zero-order valence-corrected chi connectivity index (χ0v) is 16.4. The average molecular weight is 413 g/mol. The summed E-state index contributed by atoms with van der Waals surface area (Å²) in [5, 5.41) is 8.85. The highest BCUT2D eigenvalue weighted by Gasteiger charge is 2.53. The van der Waals surface area contributed by atoms with Gasteiger partial charge in [0.25, 0.3) is 5.91 Å². The van der Waals surface area contributed by atoms with Crippen LogP contribution in [0.3, 0.4) is 0 Å². The lowest BCUT2D eigenvalue weighted by molar-refractivity contribution is 0.0955. The molecule has 0 saturated heterocycles. The molecule has 1 aromatic heterocycles. The van der Waals surface area contributed by atoms with Crippen LogP contribution in [0.15, 0.2) is 48.5 Å². The van der Waals surface area contributed by atoms with Crippen molar-refractivity contribution in [3.63, 3.8) is 0 Å². The molecule has 0 spiro atoms. The fourth-order valence-electron chi connectivity index (χ4n) is 4.72. The SMILES string of the molecule is O=C(NNc1ccc(Cl)cc1)c1n[nH]c2c1C1(c3ccc(Cl)cc3)CCC2C1. The van der Waals surface area contributed by atoms with Gasteiger partial charge in [0.15, 0.2) is 5.69 Å². The highest BCUT2D eigenvalue weighted by molar-refractivity contribution is 6.30. The number of hydrazine groups is 1. The minimum Gasteiger partial charge on any atom is -0.298 e. The summed E-state index contributed by atoms with van der Waals surface area (Å²) in [5.41, 5.74) is 10.0. The van der Waals surface area contributed by atoms with E-state index in [1.165, 1.54) is 5.56 Å². The fraction of sp³-hybridized carbons (Fsp3) is 0.238. The number of amides is 1. The molecule has 5 rings (SSSR count). The Hall–Kier alpha value is -2.50. The van der Waals surface area contributed by atoms with Gasteiger partial charge in [-0.1, -0.05) is 35.3 Å². The zero-order valence-electron chi connectivity index (χ0n) is 14.9. The van der Waals surface area contributed by atoms with Crippen molar-refractivity contribution in [3.05, 3.63) is 81.1 Å².